The largest absolute Gasteiger partial charge is 0.385 e. The van der Waals surface area contributed by atoms with Crippen molar-refractivity contribution in [2.24, 2.45) is 5.92 Å². The van der Waals surface area contributed by atoms with E-state index in [4.69, 9.17) is 0 Å². The molecule has 3 nitrogen and oxygen atoms in total. The van der Waals surface area contributed by atoms with E-state index < -0.39 is 0 Å². The minimum Gasteiger partial charge on any atom is -0.385 e. The van der Waals surface area contributed by atoms with Crippen LogP contribution in [0.25, 0.3) is 0 Å². The van der Waals surface area contributed by atoms with Gasteiger partial charge in [-0.3, -0.25) is 4.79 Å². The predicted molar refractivity (Wildman–Crippen MR) is 99.3 cm³/mol. The van der Waals surface area contributed by atoms with Crippen LogP contribution in [0.2, 0.25) is 0 Å². The van der Waals surface area contributed by atoms with E-state index in [0.717, 1.165) is 30.5 Å². The molecular formula is C21H26N2O. The zero-order valence-corrected chi connectivity index (χ0v) is 14.3. The second kappa shape index (κ2) is 8.00. The fourth-order valence-electron chi connectivity index (χ4n) is 3.42. The van der Waals surface area contributed by atoms with Gasteiger partial charge in [-0.05, 0) is 62.3 Å². The van der Waals surface area contributed by atoms with Crippen molar-refractivity contribution >= 4 is 11.6 Å². The first-order chi connectivity index (χ1) is 11.7. The lowest BCUT2D eigenvalue weighted by atomic mass is 9.85. The van der Waals surface area contributed by atoms with E-state index in [0.29, 0.717) is 12.0 Å². The molecule has 3 rings (SSSR count). The van der Waals surface area contributed by atoms with Crippen LogP contribution < -0.4 is 10.6 Å². The van der Waals surface area contributed by atoms with Gasteiger partial charge in [0, 0.05) is 23.8 Å². The van der Waals surface area contributed by atoms with E-state index in [1.54, 1.807) is 0 Å². The smallest absolute Gasteiger partial charge is 0.251 e. The Morgan fingerprint density at radius 2 is 1.62 bits per heavy atom. The number of hydrogen-bond acceptors (Lipinski definition) is 2. The molecule has 2 aromatic carbocycles. The summed E-state index contributed by atoms with van der Waals surface area (Å²) in [5.41, 5.74) is 3.02. The standard InChI is InChI=1S/C21H26N2O/c1-16-7-5-6-10-20(16)21(24)23-19-13-11-17(12-14-19)15-22-18-8-3-2-4-9-18/h2-10,17,19,22H,11-15H2,1H3,(H,23,24). The number of anilines is 1. The third-order valence-corrected chi connectivity index (χ3v) is 4.94. The summed E-state index contributed by atoms with van der Waals surface area (Å²) in [5, 5.41) is 6.73. The van der Waals surface area contributed by atoms with Crippen molar-refractivity contribution in [3.05, 3.63) is 65.7 Å². The average molecular weight is 322 g/mol. The molecule has 0 saturated heterocycles. The van der Waals surface area contributed by atoms with Gasteiger partial charge in [0.1, 0.15) is 0 Å². The Balaban J connectivity index is 1.44. The van der Waals surface area contributed by atoms with Crippen LogP contribution in [0.3, 0.4) is 0 Å². The first-order valence-corrected chi connectivity index (χ1v) is 8.88. The van der Waals surface area contributed by atoms with Crippen molar-refractivity contribution in [1.82, 2.24) is 5.32 Å². The molecule has 2 N–H and O–H groups in total. The molecule has 1 fully saturated rings. The Hall–Kier alpha value is -2.29. The van der Waals surface area contributed by atoms with Gasteiger partial charge in [0.2, 0.25) is 0 Å². The molecule has 0 spiro atoms. The summed E-state index contributed by atoms with van der Waals surface area (Å²) >= 11 is 0. The number of hydrogen-bond donors (Lipinski definition) is 2. The first kappa shape index (κ1) is 16.6. The van der Waals surface area contributed by atoms with Crippen molar-refractivity contribution in [2.45, 2.75) is 38.6 Å². The lowest BCUT2D eigenvalue weighted by Crippen LogP contribution is -2.38. The average Bonchev–Trinajstić information content (AvgIpc) is 2.62. The number of para-hydroxylation sites is 1. The third kappa shape index (κ3) is 4.38. The molecule has 1 aliphatic rings. The van der Waals surface area contributed by atoms with E-state index in [2.05, 4.69) is 34.9 Å². The number of benzene rings is 2. The molecule has 1 saturated carbocycles. The van der Waals surface area contributed by atoms with Crippen LogP contribution in [-0.2, 0) is 0 Å². The molecule has 0 aliphatic heterocycles. The fourth-order valence-corrected chi connectivity index (χ4v) is 3.42. The molecule has 0 radical (unpaired) electrons. The van der Waals surface area contributed by atoms with Gasteiger partial charge in [-0.15, -0.1) is 0 Å². The maximum absolute atomic E-state index is 12.4. The van der Waals surface area contributed by atoms with Gasteiger partial charge in [-0.2, -0.15) is 0 Å². The highest BCUT2D eigenvalue weighted by atomic mass is 16.1. The van der Waals surface area contributed by atoms with Crippen LogP contribution in [0.15, 0.2) is 54.6 Å². The van der Waals surface area contributed by atoms with Crippen LogP contribution in [-0.4, -0.2) is 18.5 Å². The van der Waals surface area contributed by atoms with Crippen molar-refractivity contribution in [3.8, 4) is 0 Å². The van der Waals surface area contributed by atoms with Crippen molar-refractivity contribution in [3.63, 3.8) is 0 Å². The summed E-state index contributed by atoms with van der Waals surface area (Å²) in [6.07, 6.45) is 4.47. The monoisotopic (exact) mass is 322 g/mol. The highest BCUT2D eigenvalue weighted by molar-refractivity contribution is 5.95. The van der Waals surface area contributed by atoms with Crippen molar-refractivity contribution < 1.29 is 4.79 Å². The van der Waals surface area contributed by atoms with Gasteiger partial charge in [0.15, 0.2) is 0 Å². The maximum Gasteiger partial charge on any atom is 0.251 e. The van der Waals surface area contributed by atoms with E-state index in [1.165, 1.54) is 18.5 Å². The highest BCUT2D eigenvalue weighted by Gasteiger charge is 2.23. The van der Waals surface area contributed by atoms with E-state index >= 15 is 0 Å². The molecule has 126 valence electrons. The molecule has 0 heterocycles. The fraction of sp³-hybridized carbons (Fsp3) is 0.381. The summed E-state index contributed by atoms with van der Waals surface area (Å²) in [4.78, 5) is 12.4. The number of amides is 1. The van der Waals surface area contributed by atoms with Gasteiger partial charge in [0.25, 0.3) is 5.91 Å². The number of nitrogens with one attached hydrogen (secondary N) is 2. The predicted octanol–water partition coefficient (Wildman–Crippen LogP) is 4.40. The van der Waals surface area contributed by atoms with Crippen LogP contribution in [0.1, 0.15) is 41.6 Å². The molecule has 0 bridgehead atoms. The minimum absolute atomic E-state index is 0.0685. The van der Waals surface area contributed by atoms with E-state index in [1.807, 2.05) is 37.3 Å². The quantitative estimate of drug-likeness (QED) is 0.857. The second-order valence-corrected chi connectivity index (χ2v) is 6.75. The van der Waals surface area contributed by atoms with Crippen LogP contribution in [0, 0.1) is 12.8 Å². The van der Waals surface area contributed by atoms with Gasteiger partial charge >= 0.3 is 0 Å². The van der Waals surface area contributed by atoms with Crippen LogP contribution in [0.5, 0.6) is 0 Å². The molecule has 2 aromatic rings. The van der Waals surface area contributed by atoms with Gasteiger partial charge in [-0.1, -0.05) is 36.4 Å². The Labute approximate surface area is 144 Å². The Morgan fingerprint density at radius 1 is 0.958 bits per heavy atom. The summed E-state index contributed by atoms with van der Waals surface area (Å²) in [6, 6.07) is 18.5. The molecule has 1 amide bonds. The number of carbonyl (C=O) groups is 1. The lowest BCUT2D eigenvalue weighted by molar-refractivity contribution is 0.0922. The number of rotatable bonds is 5. The number of carbonyl (C=O) groups excluding carboxylic acids is 1. The molecule has 0 aromatic heterocycles. The summed E-state index contributed by atoms with van der Waals surface area (Å²) in [6.45, 7) is 3.00. The summed E-state index contributed by atoms with van der Waals surface area (Å²) in [5.74, 6) is 0.760. The maximum atomic E-state index is 12.4. The highest BCUT2D eigenvalue weighted by Crippen LogP contribution is 2.25. The molecule has 3 heteroatoms. The molecular weight excluding hydrogens is 296 g/mol. The molecule has 1 aliphatic carbocycles. The molecule has 0 atom stereocenters. The van der Waals surface area contributed by atoms with Crippen molar-refractivity contribution in [2.75, 3.05) is 11.9 Å². The molecule has 0 unspecified atom stereocenters. The Bertz CT molecular complexity index is 661. The summed E-state index contributed by atoms with van der Waals surface area (Å²) in [7, 11) is 0. The zero-order valence-electron chi connectivity index (χ0n) is 14.3. The third-order valence-electron chi connectivity index (χ3n) is 4.94. The topological polar surface area (TPSA) is 41.1 Å². The van der Waals surface area contributed by atoms with E-state index in [9.17, 15) is 4.79 Å². The SMILES string of the molecule is Cc1ccccc1C(=O)NC1CCC(CNc2ccccc2)CC1. The van der Waals surface area contributed by atoms with Crippen molar-refractivity contribution in [1.29, 1.82) is 0 Å². The van der Waals surface area contributed by atoms with Crippen LogP contribution >= 0.6 is 0 Å². The second-order valence-electron chi connectivity index (χ2n) is 6.75. The Morgan fingerprint density at radius 3 is 2.33 bits per heavy atom. The summed E-state index contributed by atoms with van der Waals surface area (Å²) < 4.78 is 0. The van der Waals surface area contributed by atoms with E-state index in [-0.39, 0.29) is 5.91 Å². The van der Waals surface area contributed by atoms with Crippen LogP contribution in [0.4, 0.5) is 5.69 Å². The zero-order chi connectivity index (χ0) is 16.8. The van der Waals surface area contributed by atoms with Gasteiger partial charge in [-0.25, -0.2) is 0 Å². The normalized spacial score (nSPS) is 20.4. The number of aryl methyl sites for hydroxylation is 1. The Kier molecular flexibility index (Phi) is 5.52. The van der Waals surface area contributed by atoms with Gasteiger partial charge in [0.05, 0.1) is 0 Å². The first-order valence-electron chi connectivity index (χ1n) is 8.88. The minimum atomic E-state index is 0.0685. The van der Waals surface area contributed by atoms with Gasteiger partial charge < -0.3 is 10.6 Å². The lowest BCUT2D eigenvalue weighted by Gasteiger charge is -2.29. The molecule has 24 heavy (non-hydrogen) atoms.